The van der Waals surface area contributed by atoms with Gasteiger partial charge in [0.15, 0.2) is 0 Å². The summed E-state index contributed by atoms with van der Waals surface area (Å²) in [4.78, 5) is 33.8. The Morgan fingerprint density at radius 3 is 2.50 bits per heavy atom. The van der Waals surface area contributed by atoms with E-state index in [1.807, 2.05) is 20.8 Å². The van der Waals surface area contributed by atoms with Gasteiger partial charge in [0, 0.05) is 23.9 Å². The van der Waals surface area contributed by atoms with Gasteiger partial charge in [-0.15, -0.1) is 0 Å². The van der Waals surface area contributed by atoms with Crippen LogP contribution in [-0.4, -0.2) is 23.3 Å². The number of carbonyl (C=O) groups is 2. The van der Waals surface area contributed by atoms with Crippen LogP contribution in [0.3, 0.4) is 0 Å². The first kappa shape index (κ1) is 17.6. The molecular weight excluding hydrogens is 286 g/mol. The van der Waals surface area contributed by atoms with Gasteiger partial charge in [-0.25, -0.2) is 0 Å². The molecule has 0 aliphatic rings. The Hall–Kier alpha value is -2.44. The lowest BCUT2D eigenvalue weighted by atomic mass is 10.1. The summed E-state index contributed by atoms with van der Waals surface area (Å²) in [5, 5.41) is 15.9. The Kier molecular flexibility index (Phi) is 6.49. The maximum absolute atomic E-state index is 11.7. The molecule has 2 amide bonds. The zero-order valence-corrected chi connectivity index (χ0v) is 13.0. The van der Waals surface area contributed by atoms with E-state index in [1.54, 1.807) is 12.1 Å². The van der Waals surface area contributed by atoms with Crippen molar-refractivity contribution < 1.29 is 14.5 Å². The lowest BCUT2D eigenvalue weighted by Crippen LogP contribution is -2.36. The zero-order chi connectivity index (χ0) is 16.7. The number of carbonyl (C=O) groups excluding carboxylic acids is 2. The third kappa shape index (κ3) is 5.16. The van der Waals surface area contributed by atoms with Gasteiger partial charge >= 0.3 is 11.8 Å². The Bertz CT molecular complexity index is 570. The molecule has 7 heteroatoms. The summed E-state index contributed by atoms with van der Waals surface area (Å²) in [7, 11) is 0. The van der Waals surface area contributed by atoms with E-state index in [1.165, 1.54) is 6.07 Å². The van der Waals surface area contributed by atoms with E-state index in [2.05, 4.69) is 10.6 Å². The standard InChI is InChI=1S/C15H21N3O4/c1-4-11-5-6-12(9-13(11)18(21)22)17-15(20)14(19)16-8-7-10(2)3/h5-6,9-10H,4,7-8H2,1-3H3,(H,16,19)(H,17,20). The average molecular weight is 307 g/mol. The van der Waals surface area contributed by atoms with Crippen molar-refractivity contribution in [2.75, 3.05) is 11.9 Å². The summed E-state index contributed by atoms with van der Waals surface area (Å²) in [6.07, 6.45) is 1.29. The molecule has 0 aliphatic heterocycles. The summed E-state index contributed by atoms with van der Waals surface area (Å²) in [6, 6.07) is 4.38. The maximum atomic E-state index is 11.7. The second-order valence-electron chi connectivity index (χ2n) is 5.35. The molecule has 0 atom stereocenters. The van der Waals surface area contributed by atoms with E-state index < -0.39 is 16.7 Å². The van der Waals surface area contributed by atoms with Gasteiger partial charge in [-0.05, 0) is 24.8 Å². The molecular formula is C15H21N3O4. The summed E-state index contributed by atoms with van der Waals surface area (Å²) >= 11 is 0. The molecule has 1 rings (SSSR count). The van der Waals surface area contributed by atoms with Crippen LogP contribution in [0.2, 0.25) is 0 Å². The van der Waals surface area contributed by atoms with Crippen molar-refractivity contribution >= 4 is 23.2 Å². The second-order valence-corrected chi connectivity index (χ2v) is 5.35. The first-order chi connectivity index (χ1) is 10.3. The largest absolute Gasteiger partial charge is 0.348 e. The molecule has 22 heavy (non-hydrogen) atoms. The number of hydrogen-bond donors (Lipinski definition) is 2. The molecule has 1 aromatic carbocycles. The fourth-order valence-corrected chi connectivity index (χ4v) is 1.85. The van der Waals surface area contributed by atoms with Crippen LogP contribution in [-0.2, 0) is 16.0 Å². The predicted octanol–water partition coefficient (Wildman–Crippen LogP) is 2.26. The van der Waals surface area contributed by atoms with E-state index in [9.17, 15) is 19.7 Å². The molecule has 0 saturated heterocycles. The molecule has 0 fully saturated rings. The Labute approximate surface area is 129 Å². The Morgan fingerprint density at radius 1 is 1.27 bits per heavy atom. The lowest BCUT2D eigenvalue weighted by molar-refractivity contribution is -0.385. The van der Waals surface area contributed by atoms with E-state index in [0.717, 1.165) is 6.42 Å². The second kappa shape index (κ2) is 8.11. The first-order valence-electron chi connectivity index (χ1n) is 7.21. The SMILES string of the molecule is CCc1ccc(NC(=O)C(=O)NCCC(C)C)cc1[N+](=O)[O-]. The molecule has 7 nitrogen and oxygen atoms in total. The van der Waals surface area contributed by atoms with Crippen LogP contribution in [0.5, 0.6) is 0 Å². The van der Waals surface area contributed by atoms with E-state index in [-0.39, 0.29) is 11.4 Å². The summed E-state index contributed by atoms with van der Waals surface area (Å²) in [5.74, 6) is -1.15. The number of nitro groups is 1. The smallest absolute Gasteiger partial charge is 0.313 e. The highest BCUT2D eigenvalue weighted by Crippen LogP contribution is 2.23. The van der Waals surface area contributed by atoms with Crippen molar-refractivity contribution in [3.05, 3.63) is 33.9 Å². The van der Waals surface area contributed by atoms with Gasteiger partial charge in [-0.2, -0.15) is 0 Å². The van der Waals surface area contributed by atoms with Gasteiger partial charge in [0.25, 0.3) is 5.69 Å². The third-order valence-corrected chi connectivity index (χ3v) is 3.13. The molecule has 0 spiro atoms. The third-order valence-electron chi connectivity index (χ3n) is 3.13. The van der Waals surface area contributed by atoms with Crippen LogP contribution in [0, 0.1) is 16.0 Å². The molecule has 0 unspecified atom stereocenters. The fraction of sp³-hybridized carbons (Fsp3) is 0.467. The van der Waals surface area contributed by atoms with Crippen molar-refractivity contribution in [2.45, 2.75) is 33.6 Å². The lowest BCUT2D eigenvalue weighted by Gasteiger charge is -2.08. The number of amides is 2. The van der Waals surface area contributed by atoms with Crippen molar-refractivity contribution in [1.29, 1.82) is 0 Å². The topological polar surface area (TPSA) is 101 Å². The van der Waals surface area contributed by atoms with Gasteiger partial charge in [0.05, 0.1) is 4.92 Å². The molecule has 120 valence electrons. The highest BCUT2D eigenvalue weighted by Gasteiger charge is 2.17. The van der Waals surface area contributed by atoms with Crippen molar-refractivity contribution in [2.24, 2.45) is 5.92 Å². The minimum Gasteiger partial charge on any atom is -0.348 e. The fourth-order valence-electron chi connectivity index (χ4n) is 1.85. The number of anilines is 1. The van der Waals surface area contributed by atoms with Gasteiger partial charge in [-0.3, -0.25) is 19.7 Å². The quantitative estimate of drug-likeness (QED) is 0.478. The van der Waals surface area contributed by atoms with E-state index in [4.69, 9.17) is 0 Å². The molecule has 0 bridgehead atoms. The number of hydrogen-bond acceptors (Lipinski definition) is 4. The number of benzene rings is 1. The number of nitrogens with one attached hydrogen (secondary N) is 2. The van der Waals surface area contributed by atoms with Gasteiger partial charge < -0.3 is 10.6 Å². The van der Waals surface area contributed by atoms with Crippen LogP contribution in [0.15, 0.2) is 18.2 Å². The van der Waals surface area contributed by atoms with Crippen LogP contribution in [0.25, 0.3) is 0 Å². The maximum Gasteiger partial charge on any atom is 0.313 e. The molecule has 2 N–H and O–H groups in total. The molecule has 0 saturated carbocycles. The average Bonchev–Trinajstić information content (AvgIpc) is 2.46. The van der Waals surface area contributed by atoms with Crippen LogP contribution >= 0.6 is 0 Å². The summed E-state index contributed by atoms with van der Waals surface area (Å²) in [5.41, 5.74) is 0.734. The Morgan fingerprint density at radius 2 is 1.95 bits per heavy atom. The van der Waals surface area contributed by atoms with Crippen LogP contribution in [0.4, 0.5) is 11.4 Å². The zero-order valence-electron chi connectivity index (χ0n) is 13.0. The van der Waals surface area contributed by atoms with E-state index in [0.29, 0.717) is 24.4 Å². The minimum atomic E-state index is -0.831. The van der Waals surface area contributed by atoms with Crippen LogP contribution < -0.4 is 10.6 Å². The molecule has 1 aromatic rings. The molecule has 0 heterocycles. The number of aryl methyl sites for hydroxylation is 1. The van der Waals surface area contributed by atoms with Gasteiger partial charge in [0.1, 0.15) is 0 Å². The Balaban J connectivity index is 2.70. The minimum absolute atomic E-state index is 0.0690. The molecule has 0 aliphatic carbocycles. The van der Waals surface area contributed by atoms with E-state index >= 15 is 0 Å². The monoisotopic (exact) mass is 307 g/mol. The number of nitro benzene ring substituents is 1. The van der Waals surface area contributed by atoms with Gasteiger partial charge in [-0.1, -0.05) is 26.8 Å². The van der Waals surface area contributed by atoms with Crippen molar-refractivity contribution in [3.8, 4) is 0 Å². The highest BCUT2D eigenvalue weighted by atomic mass is 16.6. The van der Waals surface area contributed by atoms with Gasteiger partial charge in [0.2, 0.25) is 0 Å². The number of nitrogens with zero attached hydrogens (tertiary/aromatic N) is 1. The summed E-state index contributed by atoms with van der Waals surface area (Å²) < 4.78 is 0. The number of rotatable bonds is 6. The normalized spacial score (nSPS) is 10.4. The first-order valence-corrected chi connectivity index (χ1v) is 7.21. The summed E-state index contributed by atoms with van der Waals surface area (Å²) in [6.45, 7) is 6.25. The highest BCUT2D eigenvalue weighted by molar-refractivity contribution is 6.39. The van der Waals surface area contributed by atoms with Crippen molar-refractivity contribution in [3.63, 3.8) is 0 Å². The molecule has 0 aromatic heterocycles. The predicted molar refractivity (Wildman–Crippen MR) is 83.6 cm³/mol. The molecule has 0 radical (unpaired) electrons. The van der Waals surface area contributed by atoms with Crippen LogP contribution in [0.1, 0.15) is 32.8 Å². The van der Waals surface area contributed by atoms with Crippen molar-refractivity contribution in [1.82, 2.24) is 5.32 Å².